The van der Waals surface area contributed by atoms with Gasteiger partial charge in [-0.1, -0.05) is 35.3 Å². The SMILES string of the molecule is O=C(O)C(Oc1cccc(C(F)(F)F)c1)c1ccc(Cl)cc1Cl. The van der Waals surface area contributed by atoms with Gasteiger partial charge in [0.1, 0.15) is 5.75 Å². The normalized spacial score (nSPS) is 12.7. The number of halogens is 5. The number of benzene rings is 2. The van der Waals surface area contributed by atoms with Crippen LogP contribution in [0.1, 0.15) is 17.2 Å². The van der Waals surface area contributed by atoms with Crippen molar-refractivity contribution in [1.82, 2.24) is 0 Å². The van der Waals surface area contributed by atoms with E-state index in [0.29, 0.717) is 5.02 Å². The zero-order valence-corrected chi connectivity index (χ0v) is 12.8. The summed E-state index contributed by atoms with van der Waals surface area (Å²) in [6.07, 6.45) is -6.13. The van der Waals surface area contributed by atoms with Gasteiger partial charge in [-0.2, -0.15) is 13.2 Å². The Morgan fingerprint density at radius 3 is 2.39 bits per heavy atom. The molecule has 2 rings (SSSR count). The van der Waals surface area contributed by atoms with Crippen LogP contribution < -0.4 is 4.74 Å². The van der Waals surface area contributed by atoms with Crippen LogP contribution in [-0.2, 0) is 11.0 Å². The first-order chi connectivity index (χ1) is 10.7. The molecule has 0 fully saturated rings. The number of rotatable bonds is 4. The molecule has 1 atom stereocenters. The zero-order chi connectivity index (χ0) is 17.2. The van der Waals surface area contributed by atoms with E-state index in [0.717, 1.165) is 18.2 Å². The van der Waals surface area contributed by atoms with Crippen LogP contribution in [0.4, 0.5) is 13.2 Å². The lowest BCUT2D eigenvalue weighted by Gasteiger charge is -2.17. The van der Waals surface area contributed by atoms with Gasteiger partial charge >= 0.3 is 12.1 Å². The molecule has 0 saturated heterocycles. The number of carbonyl (C=O) groups is 1. The van der Waals surface area contributed by atoms with E-state index in [4.69, 9.17) is 27.9 Å². The molecule has 0 amide bonds. The summed E-state index contributed by atoms with van der Waals surface area (Å²) in [5.41, 5.74) is -0.859. The molecule has 1 N–H and O–H groups in total. The first kappa shape index (κ1) is 17.4. The minimum Gasteiger partial charge on any atom is -0.478 e. The monoisotopic (exact) mass is 364 g/mol. The van der Waals surface area contributed by atoms with Crippen molar-refractivity contribution in [3.05, 3.63) is 63.6 Å². The maximum Gasteiger partial charge on any atom is 0.416 e. The van der Waals surface area contributed by atoms with E-state index in [-0.39, 0.29) is 16.3 Å². The second-order valence-corrected chi connectivity index (χ2v) is 5.37. The summed E-state index contributed by atoms with van der Waals surface area (Å²) in [4.78, 5) is 11.4. The molecule has 0 bridgehead atoms. The van der Waals surface area contributed by atoms with Crippen molar-refractivity contribution >= 4 is 29.2 Å². The van der Waals surface area contributed by atoms with Gasteiger partial charge in [-0.3, -0.25) is 0 Å². The van der Waals surface area contributed by atoms with Gasteiger partial charge in [0.2, 0.25) is 6.10 Å². The molecule has 3 nitrogen and oxygen atoms in total. The van der Waals surface area contributed by atoms with E-state index >= 15 is 0 Å². The van der Waals surface area contributed by atoms with Crippen molar-refractivity contribution < 1.29 is 27.8 Å². The van der Waals surface area contributed by atoms with Crippen molar-refractivity contribution in [1.29, 1.82) is 0 Å². The van der Waals surface area contributed by atoms with E-state index in [2.05, 4.69) is 0 Å². The first-order valence-corrected chi connectivity index (χ1v) is 6.96. The van der Waals surface area contributed by atoms with E-state index in [1.165, 1.54) is 24.3 Å². The smallest absolute Gasteiger partial charge is 0.416 e. The molecule has 2 aromatic rings. The Morgan fingerprint density at radius 1 is 1.13 bits per heavy atom. The maximum absolute atomic E-state index is 12.7. The topological polar surface area (TPSA) is 46.5 Å². The number of ether oxygens (including phenoxy) is 1. The standard InChI is InChI=1S/C15H9Cl2F3O3/c16-9-4-5-11(12(17)7-9)13(14(21)22)23-10-3-1-2-8(6-10)15(18,19)20/h1-7,13H,(H,21,22). The van der Waals surface area contributed by atoms with E-state index in [1.54, 1.807) is 0 Å². The van der Waals surface area contributed by atoms with Crippen LogP contribution in [0.15, 0.2) is 42.5 Å². The van der Waals surface area contributed by atoms with Crippen LogP contribution in [0.3, 0.4) is 0 Å². The van der Waals surface area contributed by atoms with Crippen LogP contribution >= 0.6 is 23.2 Å². The van der Waals surface area contributed by atoms with E-state index in [1.807, 2.05) is 0 Å². The second kappa shape index (κ2) is 6.68. The number of carboxylic acid groups (broad SMARTS) is 1. The number of hydrogen-bond acceptors (Lipinski definition) is 2. The molecule has 0 aromatic heterocycles. The van der Waals surface area contributed by atoms with Crippen LogP contribution in [0.2, 0.25) is 10.0 Å². The third-order valence-corrected chi connectivity index (χ3v) is 3.45. The minimum atomic E-state index is -4.56. The Hall–Kier alpha value is -1.92. The lowest BCUT2D eigenvalue weighted by molar-refractivity contribution is -0.145. The molecule has 2 aromatic carbocycles. The van der Waals surface area contributed by atoms with Gasteiger partial charge in [-0.15, -0.1) is 0 Å². The summed E-state index contributed by atoms with van der Waals surface area (Å²) in [6.45, 7) is 0. The molecule has 0 aliphatic rings. The third-order valence-electron chi connectivity index (χ3n) is 2.88. The number of carboxylic acids is 1. The lowest BCUT2D eigenvalue weighted by Crippen LogP contribution is -2.19. The highest BCUT2D eigenvalue weighted by Gasteiger charge is 2.31. The molecular formula is C15H9Cl2F3O3. The third kappa shape index (κ3) is 4.30. The molecule has 0 aliphatic carbocycles. The fraction of sp³-hybridized carbons (Fsp3) is 0.133. The highest BCUT2D eigenvalue weighted by atomic mass is 35.5. The number of alkyl halides is 3. The Bertz CT molecular complexity index is 732. The van der Waals surface area contributed by atoms with Crippen LogP contribution in [-0.4, -0.2) is 11.1 Å². The van der Waals surface area contributed by atoms with Gasteiger partial charge in [-0.25, -0.2) is 4.79 Å². The molecule has 0 spiro atoms. The Labute approximate surface area is 139 Å². The molecule has 0 aliphatic heterocycles. The van der Waals surface area contributed by atoms with Gasteiger partial charge in [0, 0.05) is 15.6 Å². The molecule has 1 unspecified atom stereocenters. The fourth-order valence-electron chi connectivity index (χ4n) is 1.84. The molecule has 0 heterocycles. The van der Waals surface area contributed by atoms with Gasteiger partial charge in [0.05, 0.1) is 5.56 Å². The summed E-state index contributed by atoms with van der Waals surface area (Å²) < 4.78 is 43.3. The summed E-state index contributed by atoms with van der Waals surface area (Å²) in [5.74, 6) is -1.63. The Kier molecular flexibility index (Phi) is 5.06. The minimum absolute atomic E-state index is 0.0388. The highest BCUT2D eigenvalue weighted by molar-refractivity contribution is 6.35. The predicted molar refractivity (Wildman–Crippen MR) is 78.9 cm³/mol. The summed E-state index contributed by atoms with van der Waals surface area (Å²) in [6, 6.07) is 8.02. The van der Waals surface area contributed by atoms with Gasteiger partial charge in [0.15, 0.2) is 0 Å². The lowest BCUT2D eigenvalue weighted by atomic mass is 10.1. The van der Waals surface area contributed by atoms with Crippen molar-refractivity contribution in [2.45, 2.75) is 12.3 Å². The van der Waals surface area contributed by atoms with Crippen LogP contribution in [0, 0.1) is 0 Å². The predicted octanol–water partition coefficient (Wildman–Crippen LogP) is 5.22. The van der Waals surface area contributed by atoms with Crippen molar-refractivity contribution in [2.24, 2.45) is 0 Å². The van der Waals surface area contributed by atoms with Crippen molar-refractivity contribution in [2.75, 3.05) is 0 Å². The van der Waals surface area contributed by atoms with E-state index in [9.17, 15) is 23.1 Å². The quantitative estimate of drug-likeness (QED) is 0.809. The molecular weight excluding hydrogens is 356 g/mol. The maximum atomic E-state index is 12.7. The Morgan fingerprint density at radius 2 is 1.83 bits per heavy atom. The summed E-state index contributed by atoms with van der Waals surface area (Å²) >= 11 is 11.7. The highest BCUT2D eigenvalue weighted by Crippen LogP contribution is 2.34. The first-order valence-electron chi connectivity index (χ1n) is 6.20. The van der Waals surface area contributed by atoms with Crippen LogP contribution in [0.5, 0.6) is 5.75 Å². The molecule has 8 heteroatoms. The van der Waals surface area contributed by atoms with Gasteiger partial charge in [0.25, 0.3) is 0 Å². The van der Waals surface area contributed by atoms with Crippen molar-refractivity contribution in [3.63, 3.8) is 0 Å². The largest absolute Gasteiger partial charge is 0.478 e. The fourth-order valence-corrected chi connectivity index (χ4v) is 2.35. The Balaban J connectivity index is 2.36. The zero-order valence-electron chi connectivity index (χ0n) is 11.3. The summed E-state index contributed by atoms with van der Waals surface area (Å²) in [5, 5.41) is 9.60. The van der Waals surface area contributed by atoms with E-state index < -0.39 is 23.8 Å². The average Bonchev–Trinajstić information content (AvgIpc) is 2.44. The molecule has 122 valence electrons. The molecule has 23 heavy (non-hydrogen) atoms. The van der Waals surface area contributed by atoms with Crippen LogP contribution in [0.25, 0.3) is 0 Å². The number of hydrogen-bond donors (Lipinski definition) is 1. The van der Waals surface area contributed by atoms with Crippen molar-refractivity contribution in [3.8, 4) is 5.75 Å². The molecule has 0 saturated carbocycles. The number of aliphatic carboxylic acids is 1. The summed E-state index contributed by atoms with van der Waals surface area (Å²) in [7, 11) is 0. The van der Waals surface area contributed by atoms with Gasteiger partial charge in [-0.05, 0) is 30.3 Å². The second-order valence-electron chi connectivity index (χ2n) is 4.53. The molecule has 0 radical (unpaired) electrons. The average molecular weight is 365 g/mol. The van der Waals surface area contributed by atoms with Gasteiger partial charge < -0.3 is 9.84 Å².